The van der Waals surface area contributed by atoms with E-state index in [-0.39, 0.29) is 12.5 Å². The maximum Gasteiger partial charge on any atom is 0.264 e. The quantitative estimate of drug-likeness (QED) is 0.578. The number of aromatic nitrogens is 1. The van der Waals surface area contributed by atoms with Crippen LogP contribution in [-0.2, 0) is 4.79 Å². The minimum Gasteiger partial charge on any atom is -0.483 e. The van der Waals surface area contributed by atoms with Crippen LogP contribution in [0.5, 0.6) is 5.75 Å². The molecule has 0 spiro atoms. The molecule has 1 heterocycles. The molecule has 4 nitrogen and oxygen atoms in total. The van der Waals surface area contributed by atoms with Crippen molar-refractivity contribution < 1.29 is 9.53 Å². The van der Waals surface area contributed by atoms with E-state index in [1.165, 1.54) is 11.3 Å². The Balaban J connectivity index is 1.51. The van der Waals surface area contributed by atoms with Crippen molar-refractivity contribution in [2.75, 3.05) is 11.9 Å². The van der Waals surface area contributed by atoms with Crippen LogP contribution >= 0.6 is 11.3 Å². The van der Waals surface area contributed by atoms with Crippen molar-refractivity contribution in [3.05, 3.63) is 66.2 Å². The fraction of sp³-hybridized carbons (Fsp3) is 0.100. The summed E-state index contributed by atoms with van der Waals surface area (Å²) in [5.41, 5.74) is 1.92. The molecule has 124 valence electrons. The van der Waals surface area contributed by atoms with Crippen LogP contribution in [0.15, 0.2) is 60.7 Å². The van der Waals surface area contributed by atoms with Crippen molar-refractivity contribution in [2.24, 2.45) is 0 Å². The number of nitrogens with one attached hydrogen (secondary N) is 1. The van der Waals surface area contributed by atoms with Gasteiger partial charge in [0.15, 0.2) is 11.7 Å². The minimum absolute atomic E-state index is 0.0402. The van der Waals surface area contributed by atoms with Crippen molar-refractivity contribution in [1.29, 1.82) is 0 Å². The summed E-state index contributed by atoms with van der Waals surface area (Å²) in [6, 6.07) is 19.8. The van der Waals surface area contributed by atoms with E-state index in [2.05, 4.69) is 22.4 Å². The van der Waals surface area contributed by atoms with E-state index < -0.39 is 0 Å². The molecule has 3 aromatic carbocycles. The minimum atomic E-state index is -0.216. The summed E-state index contributed by atoms with van der Waals surface area (Å²) < 4.78 is 6.63. The Labute approximate surface area is 149 Å². The average molecular weight is 348 g/mol. The molecule has 0 saturated carbocycles. The highest BCUT2D eigenvalue weighted by Crippen LogP contribution is 2.31. The van der Waals surface area contributed by atoms with Gasteiger partial charge in [0.25, 0.3) is 5.91 Å². The highest BCUT2D eigenvalue weighted by molar-refractivity contribution is 7.22. The van der Waals surface area contributed by atoms with Gasteiger partial charge in [-0.25, -0.2) is 4.98 Å². The van der Waals surface area contributed by atoms with E-state index in [1.54, 1.807) is 0 Å². The van der Waals surface area contributed by atoms with Gasteiger partial charge in [0.2, 0.25) is 0 Å². The lowest BCUT2D eigenvalue weighted by Gasteiger charge is -2.07. The molecule has 1 amide bonds. The molecular weight excluding hydrogens is 332 g/mol. The van der Waals surface area contributed by atoms with Crippen molar-refractivity contribution in [2.45, 2.75) is 6.92 Å². The van der Waals surface area contributed by atoms with Crippen LogP contribution in [-0.4, -0.2) is 17.5 Å². The third-order valence-electron chi connectivity index (χ3n) is 3.98. The van der Waals surface area contributed by atoms with Crippen LogP contribution in [0.1, 0.15) is 5.56 Å². The van der Waals surface area contributed by atoms with Gasteiger partial charge in [-0.05, 0) is 30.0 Å². The van der Waals surface area contributed by atoms with Crippen LogP contribution in [0.3, 0.4) is 0 Å². The van der Waals surface area contributed by atoms with Crippen molar-refractivity contribution in [3.8, 4) is 5.75 Å². The van der Waals surface area contributed by atoms with Gasteiger partial charge in [-0.15, -0.1) is 0 Å². The van der Waals surface area contributed by atoms with E-state index in [4.69, 9.17) is 4.74 Å². The van der Waals surface area contributed by atoms with Gasteiger partial charge < -0.3 is 4.74 Å². The molecule has 0 fully saturated rings. The van der Waals surface area contributed by atoms with Gasteiger partial charge >= 0.3 is 0 Å². The lowest BCUT2D eigenvalue weighted by Crippen LogP contribution is -2.20. The molecule has 0 unspecified atom stereocenters. The summed E-state index contributed by atoms with van der Waals surface area (Å²) in [6.45, 7) is 1.91. The zero-order chi connectivity index (χ0) is 17.2. The van der Waals surface area contributed by atoms with E-state index in [0.717, 1.165) is 26.6 Å². The Kier molecular flexibility index (Phi) is 4.07. The van der Waals surface area contributed by atoms with Crippen molar-refractivity contribution in [1.82, 2.24) is 4.98 Å². The van der Waals surface area contributed by atoms with Gasteiger partial charge in [0.05, 0.1) is 10.2 Å². The number of carbonyl (C=O) groups excluding carboxylic acids is 1. The van der Waals surface area contributed by atoms with Crippen LogP contribution in [0.2, 0.25) is 0 Å². The molecule has 1 N–H and O–H groups in total. The molecule has 25 heavy (non-hydrogen) atoms. The number of nitrogens with zero attached hydrogens (tertiary/aromatic N) is 1. The Bertz CT molecular complexity index is 1070. The van der Waals surface area contributed by atoms with Gasteiger partial charge in [-0.3, -0.25) is 10.1 Å². The highest BCUT2D eigenvalue weighted by Gasteiger charge is 2.11. The number of para-hydroxylation sites is 1. The molecule has 4 aromatic rings. The summed E-state index contributed by atoms with van der Waals surface area (Å²) in [6.07, 6.45) is 0. The molecular formula is C20H16N2O2S. The monoisotopic (exact) mass is 348 g/mol. The lowest BCUT2D eigenvalue weighted by molar-refractivity contribution is -0.118. The Hall–Kier alpha value is -2.92. The van der Waals surface area contributed by atoms with E-state index in [1.807, 2.05) is 55.5 Å². The molecule has 0 radical (unpaired) electrons. The van der Waals surface area contributed by atoms with Gasteiger partial charge in [-0.2, -0.15) is 0 Å². The molecule has 0 atom stereocenters. The average Bonchev–Trinajstić information content (AvgIpc) is 3.04. The Morgan fingerprint density at radius 1 is 1.08 bits per heavy atom. The number of aryl methyl sites for hydroxylation is 1. The predicted octanol–water partition coefficient (Wildman–Crippen LogP) is 4.78. The lowest BCUT2D eigenvalue weighted by atomic mass is 10.1. The zero-order valence-electron chi connectivity index (χ0n) is 13.7. The maximum absolute atomic E-state index is 12.2. The van der Waals surface area contributed by atoms with E-state index in [0.29, 0.717) is 10.9 Å². The molecule has 1 aromatic heterocycles. The van der Waals surface area contributed by atoms with Crippen LogP contribution in [0, 0.1) is 6.92 Å². The van der Waals surface area contributed by atoms with Crippen molar-refractivity contribution in [3.63, 3.8) is 0 Å². The first-order valence-electron chi connectivity index (χ1n) is 7.97. The Morgan fingerprint density at radius 3 is 2.76 bits per heavy atom. The highest BCUT2D eigenvalue weighted by atomic mass is 32.1. The zero-order valence-corrected chi connectivity index (χ0v) is 14.5. The number of fused-ring (bicyclic) bond motifs is 3. The third kappa shape index (κ3) is 3.19. The fourth-order valence-electron chi connectivity index (χ4n) is 2.73. The number of ether oxygens (including phenoxy) is 1. The van der Waals surface area contributed by atoms with Gasteiger partial charge in [0.1, 0.15) is 5.75 Å². The summed E-state index contributed by atoms with van der Waals surface area (Å²) in [4.78, 5) is 16.8. The largest absolute Gasteiger partial charge is 0.483 e. The first-order chi connectivity index (χ1) is 12.2. The third-order valence-corrected chi connectivity index (χ3v) is 4.92. The van der Waals surface area contributed by atoms with E-state index in [9.17, 15) is 4.79 Å². The van der Waals surface area contributed by atoms with Crippen LogP contribution in [0.4, 0.5) is 5.13 Å². The SMILES string of the molecule is Cc1ccccc1OCC(=O)Nc1nc2c(ccc3ccccc32)s1. The Morgan fingerprint density at radius 2 is 1.88 bits per heavy atom. The van der Waals surface area contributed by atoms with Crippen molar-refractivity contribution >= 4 is 43.4 Å². The number of hydrogen-bond donors (Lipinski definition) is 1. The molecule has 5 heteroatoms. The normalized spacial score (nSPS) is 10.9. The first kappa shape index (κ1) is 15.6. The van der Waals surface area contributed by atoms with Gasteiger partial charge in [0, 0.05) is 5.39 Å². The summed E-state index contributed by atoms with van der Waals surface area (Å²) in [5, 5.41) is 5.65. The predicted molar refractivity (Wildman–Crippen MR) is 102 cm³/mol. The molecule has 0 aliphatic heterocycles. The van der Waals surface area contributed by atoms with Gasteiger partial charge in [-0.1, -0.05) is 59.9 Å². The summed E-state index contributed by atoms with van der Waals surface area (Å²) >= 11 is 1.47. The second kappa shape index (κ2) is 6.53. The molecule has 0 aliphatic rings. The second-order valence-corrected chi connectivity index (χ2v) is 6.79. The number of rotatable bonds is 4. The number of benzene rings is 3. The van der Waals surface area contributed by atoms with E-state index >= 15 is 0 Å². The summed E-state index contributed by atoms with van der Waals surface area (Å²) in [7, 11) is 0. The molecule has 0 saturated heterocycles. The fourth-order valence-corrected chi connectivity index (χ4v) is 3.63. The number of hydrogen-bond acceptors (Lipinski definition) is 4. The topological polar surface area (TPSA) is 51.2 Å². The smallest absolute Gasteiger partial charge is 0.264 e. The maximum atomic E-state index is 12.2. The number of carbonyl (C=O) groups is 1. The molecule has 4 rings (SSSR count). The number of amides is 1. The molecule has 0 bridgehead atoms. The number of thiazole rings is 1. The summed E-state index contributed by atoms with van der Waals surface area (Å²) in [5.74, 6) is 0.500. The number of anilines is 1. The molecule has 0 aliphatic carbocycles. The van der Waals surface area contributed by atoms with Crippen LogP contribution < -0.4 is 10.1 Å². The second-order valence-electron chi connectivity index (χ2n) is 5.75. The first-order valence-corrected chi connectivity index (χ1v) is 8.79. The standard InChI is InChI=1S/C20H16N2O2S/c1-13-6-2-5-9-16(13)24-12-18(23)21-20-22-19-15-8-4-3-7-14(15)10-11-17(19)25-20/h2-11H,12H2,1H3,(H,21,22,23). The van der Waals surface area contributed by atoms with Crippen LogP contribution in [0.25, 0.3) is 21.0 Å².